The van der Waals surface area contributed by atoms with E-state index in [0.717, 1.165) is 11.3 Å². The lowest BCUT2D eigenvalue weighted by Gasteiger charge is -2.25. The number of benzene rings is 1. The summed E-state index contributed by atoms with van der Waals surface area (Å²) in [5.74, 6) is 1.74. The summed E-state index contributed by atoms with van der Waals surface area (Å²) in [6, 6.07) is 5.67. The van der Waals surface area contributed by atoms with Crippen LogP contribution < -0.4 is 20.5 Å². The summed E-state index contributed by atoms with van der Waals surface area (Å²) in [6.45, 7) is 0.572. The number of hydrogen-bond acceptors (Lipinski definition) is 6. The SMILES string of the molecule is COc1cccc2c1OC[C@@H](C(=O)NCc1nc(N)n[nH]1)C2. The van der Waals surface area contributed by atoms with E-state index in [9.17, 15) is 4.79 Å². The monoisotopic (exact) mass is 303 g/mol. The van der Waals surface area contributed by atoms with Crippen molar-refractivity contribution in [1.29, 1.82) is 0 Å². The maximum Gasteiger partial charge on any atom is 0.239 e. The molecule has 0 aliphatic carbocycles. The van der Waals surface area contributed by atoms with Crippen LogP contribution in [0.25, 0.3) is 0 Å². The quantitative estimate of drug-likeness (QED) is 0.746. The Bertz CT molecular complexity index is 685. The number of para-hydroxylation sites is 1. The Morgan fingerprint density at radius 2 is 2.45 bits per heavy atom. The van der Waals surface area contributed by atoms with E-state index in [4.69, 9.17) is 15.2 Å². The fraction of sp³-hybridized carbons (Fsp3) is 0.357. The minimum atomic E-state index is -0.250. The molecule has 0 saturated heterocycles. The molecule has 22 heavy (non-hydrogen) atoms. The van der Waals surface area contributed by atoms with Crippen LogP contribution >= 0.6 is 0 Å². The van der Waals surface area contributed by atoms with Crippen LogP contribution in [0.3, 0.4) is 0 Å². The summed E-state index contributed by atoms with van der Waals surface area (Å²) in [7, 11) is 1.60. The van der Waals surface area contributed by atoms with Gasteiger partial charge in [-0.1, -0.05) is 12.1 Å². The predicted octanol–water partition coefficient (Wildman–Crippen LogP) is 0.263. The first-order valence-corrected chi connectivity index (χ1v) is 6.90. The second-order valence-corrected chi connectivity index (χ2v) is 5.02. The molecule has 2 heterocycles. The molecule has 1 amide bonds. The molecule has 0 unspecified atom stereocenters. The maximum atomic E-state index is 12.2. The molecular formula is C14H17N5O3. The number of H-pyrrole nitrogens is 1. The molecule has 0 bridgehead atoms. The molecule has 0 fully saturated rings. The van der Waals surface area contributed by atoms with Crippen molar-refractivity contribution in [3.63, 3.8) is 0 Å². The van der Waals surface area contributed by atoms with Crippen molar-refractivity contribution < 1.29 is 14.3 Å². The van der Waals surface area contributed by atoms with Gasteiger partial charge in [-0.25, -0.2) is 0 Å². The smallest absolute Gasteiger partial charge is 0.239 e. The summed E-state index contributed by atoms with van der Waals surface area (Å²) in [4.78, 5) is 16.2. The fourth-order valence-electron chi connectivity index (χ4n) is 2.43. The van der Waals surface area contributed by atoms with Gasteiger partial charge in [0.05, 0.1) is 19.6 Å². The van der Waals surface area contributed by atoms with Gasteiger partial charge in [-0.05, 0) is 18.1 Å². The Kier molecular flexibility index (Phi) is 3.82. The molecular weight excluding hydrogens is 286 g/mol. The Morgan fingerprint density at radius 3 is 3.18 bits per heavy atom. The highest BCUT2D eigenvalue weighted by atomic mass is 16.5. The van der Waals surface area contributed by atoms with E-state index in [0.29, 0.717) is 24.6 Å². The molecule has 2 aromatic rings. The third-order valence-corrected chi connectivity index (χ3v) is 3.53. The van der Waals surface area contributed by atoms with Crippen LogP contribution in [0.1, 0.15) is 11.4 Å². The van der Waals surface area contributed by atoms with Crippen LogP contribution in [-0.4, -0.2) is 34.8 Å². The van der Waals surface area contributed by atoms with Gasteiger partial charge in [-0.15, -0.1) is 5.10 Å². The van der Waals surface area contributed by atoms with Crippen molar-refractivity contribution in [3.8, 4) is 11.5 Å². The second-order valence-electron chi connectivity index (χ2n) is 5.02. The number of aromatic amines is 1. The van der Waals surface area contributed by atoms with Crippen LogP contribution in [-0.2, 0) is 17.8 Å². The number of aromatic nitrogens is 3. The number of amides is 1. The Hall–Kier alpha value is -2.77. The van der Waals surface area contributed by atoms with Gasteiger partial charge in [0.25, 0.3) is 0 Å². The van der Waals surface area contributed by atoms with Gasteiger partial charge < -0.3 is 20.5 Å². The van der Waals surface area contributed by atoms with Gasteiger partial charge in [0.15, 0.2) is 11.5 Å². The van der Waals surface area contributed by atoms with Crippen LogP contribution in [0.2, 0.25) is 0 Å². The molecule has 1 aromatic heterocycles. The lowest BCUT2D eigenvalue weighted by molar-refractivity contribution is -0.126. The van der Waals surface area contributed by atoms with E-state index in [1.54, 1.807) is 7.11 Å². The second kappa shape index (κ2) is 5.92. The first-order chi connectivity index (χ1) is 10.7. The fourth-order valence-corrected chi connectivity index (χ4v) is 2.43. The third-order valence-electron chi connectivity index (χ3n) is 3.53. The number of anilines is 1. The number of rotatable bonds is 4. The van der Waals surface area contributed by atoms with E-state index in [1.807, 2.05) is 18.2 Å². The van der Waals surface area contributed by atoms with Crippen molar-refractivity contribution in [3.05, 3.63) is 29.6 Å². The van der Waals surface area contributed by atoms with Crippen molar-refractivity contribution in [1.82, 2.24) is 20.5 Å². The first-order valence-electron chi connectivity index (χ1n) is 6.90. The van der Waals surface area contributed by atoms with E-state index in [-0.39, 0.29) is 24.3 Å². The number of carbonyl (C=O) groups excluding carboxylic acids is 1. The van der Waals surface area contributed by atoms with E-state index >= 15 is 0 Å². The largest absolute Gasteiger partial charge is 0.493 e. The van der Waals surface area contributed by atoms with Gasteiger partial charge in [0.2, 0.25) is 11.9 Å². The number of carbonyl (C=O) groups is 1. The van der Waals surface area contributed by atoms with Gasteiger partial charge in [0.1, 0.15) is 12.4 Å². The number of nitrogens with one attached hydrogen (secondary N) is 2. The number of nitrogens with zero attached hydrogens (tertiary/aromatic N) is 2. The summed E-state index contributed by atoms with van der Waals surface area (Å²) in [5.41, 5.74) is 6.38. The number of hydrogen-bond donors (Lipinski definition) is 3. The number of nitrogens with two attached hydrogens (primary N) is 1. The molecule has 1 aromatic carbocycles. The summed E-state index contributed by atoms with van der Waals surface area (Å²) < 4.78 is 11.0. The summed E-state index contributed by atoms with van der Waals surface area (Å²) in [6.07, 6.45) is 0.608. The average Bonchev–Trinajstić information content (AvgIpc) is 2.97. The van der Waals surface area contributed by atoms with Crippen molar-refractivity contribution in [2.75, 3.05) is 19.5 Å². The minimum absolute atomic E-state index is 0.0940. The first kappa shape index (κ1) is 14.2. The van der Waals surface area contributed by atoms with Crippen LogP contribution in [0.4, 0.5) is 5.95 Å². The zero-order chi connectivity index (χ0) is 15.5. The topological polar surface area (TPSA) is 115 Å². The number of fused-ring (bicyclic) bond motifs is 1. The lowest BCUT2D eigenvalue weighted by atomic mass is 9.95. The molecule has 1 atom stereocenters. The highest BCUT2D eigenvalue weighted by Gasteiger charge is 2.27. The van der Waals surface area contributed by atoms with Crippen LogP contribution in [0.15, 0.2) is 18.2 Å². The number of nitrogen functional groups attached to an aromatic ring is 1. The van der Waals surface area contributed by atoms with Crippen LogP contribution in [0, 0.1) is 5.92 Å². The van der Waals surface area contributed by atoms with Crippen LogP contribution in [0.5, 0.6) is 11.5 Å². The molecule has 0 saturated carbocycles. The average molecular weight is 303 g/mol. The molecule has 4 N–H and O–H groups in total. The normalized spacial score (nSPS) is 16.5. The van der Waals surface area contributed by atoms with Crippen molar-refractivity contribution in [2.24, 2.45) is 5.92 Å². The van der Waals surface area contributed by atoms with E-state index in [2.05, 4.69) is 20.5 Å². The minimum Gasteiger partial charge on any atom is -0.493 e. The van der Waals surface area contributed by atoms with Gasteiger partial charge in [-0.2, -0.15) is 4.98 Å². The molecule has 116 valence electrons. The highest BCUT2D eigenvalue weighted by molar-refractivity contribution is 5.79. The molecule has 0 spiro atoms. The summed E-state index contributed by atoms with van der Waals surface area (Å²) in [5, 5.41) is 9.16. The molecule has 1 aliphatic heterocycles. The van der Waals surface area contributed by atoms with E-state index < -0.39 is 0 Å². The van der Waals surface area contributed by atoms with E-state index in [1.165, 1.54) is 0 Å². The van der Waals surface area contributed by atoms with Gasteiger partial charge in [-0.3, -0.25) is 9.89 Å². The number of methoxy groups -OCH3 is 1. The maximum absolute atomic E-state index is 12.2. The molecule has 8 heteroatoms. The third kappa shape index (κ3) is 2.80. The lowest BCUT2D eigenvalue weighted by Crippen LogP contribution is -2.37. The molecule has 3 rings (SSSR count). The highest BCUT2D eigenvalue weighted by Crippen LogP contribution is 2.35. The Labute approximate surface area is 127 Å². The summed E-state index contributed by atoms with van der Waals surface area (Å²) >= 11 is 0. The molecule has 0 radical (unpaired) electrons. The zero-order valence-corrected chi connectivity index (χ0v) is 12.1. The Morgan fingerprint density at radius 1 is 1.59 bits per heavy atom. The Balaban J connectivity index is 1.63. The zero-order valence-electron chi connectivity index (χ0n) is 12.1. The molecule has 8 nitrogen and oxygen atoms in total. The van der Waals surface area contributed by atoms with Gasteiger partial charge in [0, 0.05) is 0 Å². The predicted molar refractivity (Wildman–Crippen MR) is 78.3 cm³/mol. The number of ether oxygens (including phenoxy) is 2. The van der Waals surface area contributed by atoms with Crippen molar-refractivity contribution in [2.45, 2.75) is 13.0 Å². The molecule has 1 aliphatic rings. The van der Waals surface area contributed by atoms with Gasteiger partial charge >= 0.3 is 0 Å². The standard InChI is InChI=1S/C14H17N5O3/c1-21-10-4-2-3-8-5-9(7-22-12(8)10)13(20)16-6-11-17-14(15)19-18-11/h2-4,9H,5-7H2,1H3,(H,16,20)(H3,15,17,18,19)/t9-/m0/s1. The van der Waals surface area contributed by atoms with Crippen molar-refractivity contribution >= 4 is 11.9 Å².